The molecule has 0 unspecified atom stereocenters. The van der Waals surface area contributed by atoms with Crippen molar-refractivity contribution < 1.29 is 0 Å². The zero-order valence-corrected chi connectivity index (χ0v) is 23.1. The van der Waals surface area contributed by atoms with Crippen LogP contribution < -0.4 is 4.40 Å². The molecule has 3 aromatic heterocycles. The molecule has 0 saturated carbocycles. The van der Waals surface area contributed by atoms with Gasteiger partial charge in [0, 0.05) is 0 Å². The Kier molecular flexibility index (Phi) is 4.83. The SMILES string of the molecule is Cc1cc(-c2cc(CC(C)C)[c]([Ge]([CH3])([CH3])[CH3])cn2)cc2c3cccc4c5ccccc5n(c12)c43. The van der Waals surface area contributed by atoms with Crippen molar-refractivity contribution in [3.8, 4) is 11.3 Å². The summed E-state index contributed by atoms with van der Waals surface area (Å²) in [6.07, 6.45) is 3.32. The molecule has 0 aliphatic rings. The Morgan fingerprint density at radius 1 is 0.824 bits per heavy atom. The number of aromatic nitrogens is 2. The van der Waals surface area contributed by atoms with Gasteiger partial charge in [-0.2, -0.15) is 0 Å². The number of hydrogen-bond acceptors (Lipinski definition) is 1. The van der Waals surface area contributed by atoms with Gasteiger partial charge in [-0.1, -0.05) is 6.07 Å². The minimum atomic E-state index is -1.99. The first-order valence-corrected chi connectivity index (χ1v) is 19.8. The maximum absolute atomic E-state index is 5.03. The van der Waals surface area contributed by atoms with Gasteiger partial charge in [0.15, 0.2) is 0 Å². The second kappa shape index (κ2) is 7.58. The molecule has 3 heteroatoms. The number of para-hydroxylation sites is 2. The molecule has 0 aliphatic carbocycles. The summed E-state index contributed by atoms with van der Waals surface area (Å²) in [5, 5.41) is 5.32. The van der Waals surface area contributed by atoms with Crippen molar-refractivity contribution in [1.82, 2.24) is 9.38 Å². The van der Waals surface area contributed by atoms with Crippen molar-refractivity contribution in [2.75, 3.05) is 0 Å². The monoisotopic (exact) mass is 506 g/mol. The molecule has 3 heterocycles. The van der Waals surface area contributed by atoms with E-state index < -0.39 is 13.3 Å². The number of benzene rings is 3. The molecule has 0 fully saturated rings. The van der Waals surface area contributed by atoms with Gasteiger partial charge in [0.1, 0.15) is 0 Å². The summed E-state index contributed by atoms with van der Waals surface area (Å²) in [4.78, 5) is 5.03. The Morgan fingerprint density at radius 2 is 1.53 bits per heavy atom. The molecule has 0 amide bonds. The molecule has 0 radical (unpaired) electrons. The van der Waals surface area contributed by atoms with Crippen molar-refractivity contribution in [3.05, 3.63) is 78.0 Å². The Morgan fingerprint density at radius 3 is 2.26 bits per heavy atom. The topological polar surface area (TPSA) is 17.3 Å². The van der Waals surface area contributed by atoms with Gasteiger partial charge in [-0.25, -0.2) is 0 Å². The van der Waals surface area contributed by atoms with Crippen LogP contribution in [0.4, 0.5) is 0 Å². The van der Waals surface area contributed by atoms with E-state index in [1.54, 1.807) is 4.40 Å². The maximum atomic E-state index is 5.03. The van der Waals surface area contributed by atoms with Crippen molar-refractivity contribution in [2.45, 2.75) is 44.5 Å². The van der Waals surface area contributed by atoms with Crippen LogP contribution in [0.3, 0.4) is 0 Å². The van der Waals surface area contributed by atoms with Crippen LogP contribution in [0.15, 0.2) is 66.9 Å². The number of aryl methyl sites for hydroxylation is 1. The first-order chi connectivity index (χ1) is 16.2. The number of rotatable bonds is 4. The molecule has 0 saturated heterocycles. The molecular formula is C31H32GeN2. The van der Waals surface area contributed by atoms with E-state index in [0.717, 1.165) is 12.1 Å². The summed E-state index contributed by atoms with van der Waals surface area (Å²) in [6.45, 7) is 6.89. The molecule has 0 bridgehead atoms. The standard InChI is InChI=1S/C31H32GeN2/c1-19(2)14-21-17-28(33-18-27(21)32(4,5)6)22-15-20(3)30-26(16-22)25-12-9-11-24-23-10-7-8-13-29(23)34(30)31(24)25/h7-13,15-19H,14H2,1-6H3. The van der Waals surface area contributed by atoms with Crippen LogP contribution in [0.1, 0.15) is 25.0 Å². The molecule has 0 spiro atoms. The van der Waals surface area contributed by atoms with Crippen LogP contribution in [-0.2, 0) is 6.42 Å². The van der Waals surface area contributed by atoms with Crippen molar-refractivity contribution in [2.24, 2.45) is 5.92 Å². The van der Waals surface area contributed by atoms with Crippen molar-refractivity contribution in [1.29, 1.82) is 0 Å². The number of hydrogen-bond donors (Lipinski definition) is 0. The van der Waals surface area contributed by atoms with E-state index in [4.69, 9.17) is 4.98 Å². The molecular weight excluding hydrogens is 473 g/mol. The van der Waals surface area contributed by atoms with E-state index in [-0.39, 0.29) is 0 Å². The summed E-state index contributed by atoms with van der Waals surface area (Å²) in [5.41, 5.74) is 9.08. The Hall–Kier alpha value is -2.85. The zero-order chi connectivity index (χ0) is 23.8. The van der Waals surface area contributed by atoms with Gasteiger partial charge >= 0.3 is 199 Å². The van der Waals surface area contributed by atoms with Crippen molar-refractivity contribution in [3.63, 3.8) is 0 Å². The summed E-state index contributed by atoms with van der Waals surface area (Å²) in [7, 11) is 0. The van der Waals surface area contributed by atoms with Crippen LogP contribution in [0.25, 0.3) is 49.4 Å². The molecule has 34 heavy (non-hydrogen) atoms. The first kappa shape index (κ1) is 21.7. The van der Waals surface area contributed by atoms with Gasteiger partial charge in [-0.3, -0.25) is 0 Å². The number of fused-ring (bicyclic) bond motifs is 6. The van der Waals surface area contributed by atoms with E-state index in [2.05, 4.69) is 109 Å². The fourth-order valence-electron chi connectivity index (χ4n) is 5.84. The Bertz CT molecular complexity index is 1700. The molecule has 0 aliphatic heterocycles. The van der Waals surface area contributed by atoms with Crippen LogP contribution in [0.2, 0.25) is 17.3 Å². The van der Waals surface area contributed by atoms with Crippen molar-refractivity contribution >= 4 is 55.8 Å². The summed E-state index contributed by atoms with van der Waals surface area (Å²) < 4.78 is 4.02. The van der Waals surface area contributed by atoms with E-state index in [1.807, 2.05) is 0 Å². The predicted octanol–water partition coefficient (Wildman–Crippen LogP) is 7.95. The van der Waals surface area contributed by atoms with E-state index in [1.165, 1.54) is 54.8 Å². The van der Waals surface area contributed by atoms with Crippen LogP contribution in [-0.4, -0.2) is 22.7 Å². The Labute approximate surface area is 204 Å². The normalized spacial score (nSPS) is 12.8. The van der Waals surface area contributed by atoms with Gasteiger partial charge in [0.05, 0.1) is 0 Å². The van der Waals surface area contributed by atoms with Gasteiger partial charge in [0.2, 0.25) is 0 Å². The average Bonchev–Trinajstić information content (AvgIpc) is 3.30. The molecule has 0 atom stereocenters. The summed E-state index contributed by atoms with van der Waals surface area (Å²) in [6, 6.07) is 22.6. The molecule has 2 nitrogen and oxygen atoms in total. The van der Waals surface area contributed by atoms with E-state index in [9.17, 15) is 0 Å². The van der Waals surface area contributed by atoms with Crippen LogP contribution >= 0.6 is 0 Å². The Balaban J connectivity index is 1.63. The van der Waals surface area contributed by atoms with Gasteiger partial charge in [0.25, 0.3) is 0 Å². The van der Waals surface area contributed by atoms with Gasteiger partial charge < -0.3 is 0 Å². The molecule has 6 rings (SSSR count). The molecule has 3 aromatic carbocycles. The average molecular weight is 505 g/mol. The molecule has 170 valence electrons. The van der Waals surface area contributed by atoms with E-state index >= 15 is 0 Å². The molecule has 6 aromatic rings. The van der Waals surface area contributed by atoms with Gasteiger partial charge in [-0.05, 0) is 0 Å². The summed E-state index contributed by atoms with van der Waals surface area (Å²) >= 11 is -1.99. The van der Waals surface area contributed by atoms with Crippen LogP contribution in [0.5, 0.6) is 0 Å². The third-order valence-corrected chi connectivity index (χ3v) is 11.6. The zero-order valence-electron chi connectivity index (χ0n) is 21.0. The third kappa shape index (κ3) is 3.19. The fraction of sp³-hybridized carbons (Fsp3) is 0.258. The second-order valence-corrected chi connectivity index (χ2v) is 21.9. The predicted molar refractivity (Wildman–Crippen MR) is 151 cm³/mol. The number of nitrogens with zero attached hydrogens (tertiary/aromatic N) is 2. The quantitative estimate of drug-likeness (QED) is 0.222. The summed E-state index contributed by atoms with van der Waals surface area (Å²) in [5.74, 6) is 8.05. The van der Waals surface area contributed by atoms with Gasteiger partial charge in [-0.15, -0.1) is 0 Å². The van der Waals surface area contributed by atoms with Crippen LogP contribution in [0, 0.1) is 12.8 Å². The molecule has 0 N–H and O–H groups in total. The third-order valence-electron chi connectivity index (χ3n) is 7.23. The second-order valence-electron chi connectivity index (χ2n) is 11.3. The number of pyridine rings is 1. The minimum absolute atomic E-state index is 0.636. The van der Waals surface area contributed by atoms with E-state index in [0.29, 0.717) is 5.92 Å². The fourth-order valence-corrected chi connectivity index (χ4v) is 9.17. The first-order valence-electron chi connectivity index (χ1n) is 12.4.